The van der Waals surface area contributed by atoms with E-state index in [-0.39, 0.29) is 34.8 Å². The number of non-ortho nitro benzene ring substituents is 1. The molecule has 24 heavy (non-hydrogen) atoms. The van der Waals surface area contributed by atoms with Crippen LogP contribution < -0.4 is 4.72 Å². The molecule has 2 rings (SSSR count). The Morgan fingerprint density at radius 3 is 2.75 bits per heavy atom. The number of nitro groups is 1. The van der Waals surface area contributed by atoms with Gasteiger partial charge in [0, 0.05) is 31.3 Å². The molecule has 8 nitrogen and oxygen atoms in total. The number of piperidine rings is 1. The largest absolute Gasteiger partial charge is 0.334 e. The number of nitro benzene ring substituents is 1. The molecule has 1 aromatic rings. The third-order valence-corrected chi connectivity index (χ3v) is 4.87. The van der Waals surface area contributed by atoms with E-state index in [1.54, 1.807) is 4.90 Å². The first-order valence-corrected chi connectivity index (χ1v) is 9.65. The van der Waals surface area contributed by atoms with E-state index in [2.05, 4.69) is 4.72 Å². The predicted molar refractivity (Wildman–Crippen MR) is 89.6 cm³/mol. The lowest BCUT2D eigenvalue weighted by molar-refractivity contribution is -0.384. The van der Waals surface area contributed by atoms with Crippen molar-refractivity contribution in [1.82, 2.24) is 9.62 Å². The Balaban J connectivity index is 2.20. The van der Waals surface area contributed by atoms with Crippen LogP contribution in [0.5, 0.6) is 0 Å². The third-order valence-electron chi connectivity index (χ3n) is 3.86. The maximum absolute atomic E-state index is 12.7. The van der Waals surface area contributed by atoms with Gasteiger partial charge in [-0.1, -0.05) is 11.6 Å². The molecule has 1 aliphatic heterocycles. The van der Waals surface area contributed by atoms with Crippen LogP contribution in [-0.4, -0.2) is 49.5 Å². The summed E-state index contributed by atoms with van der Waals surface area (Å²) < 4.78 is 25.0. The summed E-state index contributed by atoms with van der Waals surface area (Å²) in [6, 6.07) is 3.43. The van der Waals surface area contributed by atoms with Crippen molar-refractivity contribution in [1.29, 1.82) is 0 Å². The minimum Gasteiger partial charge on any atom is -0.334 e. The molecule has 0 radical (unpaired) electrons. The first kappa shape index (κ1) is 18.6. The third kappa shape index (κ3) is 4.65. The standard InChI is InChI=1S/C14H18ClN3O5S/c1-24(22,23)16-9-11-4-2-3-7-17(11)14(19)12-6-5-10(18(20)21)8-13(12)15/h5-6,8,11,16H,2-4,7,9H2,1H3. The lowest BCUT2D eigenvalue weighted by Gasteiger charge is -2.36. The minimum absolute atomic E-state index is 0.00888. The highest BCUT2D eigenvalue weighted by Gasteiger charge is 2.29. The van der Waals surface area contributed by atoms with E-state index in [0.717, 1.165) is 25.2 Å². The molecule has 0 bridgehead atoms. The Kier molecular flexibility index (Phi) is 5.79. The number of nitrogens with zero attached hydrogens (tertiary/aromatic N) is 2. The minimum atomic E-state index is -3.35. The van der Waals surface area contributed by atoms with Gasteiger partial charge >= 0.3 is 0 Å². The first-order chi connectivity index (χ1) is 11.2. The van der Waals surface area contributed by atoms with Crippen molar-refractivity contribution in [3.63, 3.8) is 0 Å². The Labute approximate surface area is 145 Å². The zero-order chi connectivity index (χ0) is 17.9. The van der Waals surface area contributed by atoms with Crippen LogP contribution in [0.3, 0.4) is 0 Å². The van der Waals surface area contributed by atoms with Crippen molar-refractivity contribution < 1.29 is 18.1 Å². The van der Waals surface area contributed by atoms with Crippen LogP contribution in [0.4, 0.5) is 5.69 Å². The van der Waals surface area contributed by atoms with Gasteiger partial charge in [-0.25, -0.2) is 13.1 Å². The van der Waals surface area contributed by atoms with Gasteiger partial charge in [0.25, 0.3) is 11.6 Å². The highest BCUT2D eigenvalue weighted by molar-refractivity contribution is 7.88. The van der Waals surface area contributed by atoms with E-state index in [0.29, 0.717) is 13.0 Å². The zero-order valence-corrected chi connectivity index (χ0v) is 14.6. The highest BCUT2D eigenvalue weighted by Crippen LogP contribution is 2.26. The number of hydrogen-bond donors (Lipinski definition) is 1. The van der Waals surface area contributed by atoms with Crippen LogP contribution in [0, 0.1) is 10.1 Å². The summed E-state index contributed by atoms with van der Waals surface area (Å²) in [5, 5.41) is 10.8. The second-order valence-corrected chi connectivity index (χ2v) is 7.93. The molecular weight excluding hydrogens is 358 g/mol. The van der Waals surface area contributed by atoms with Crippen LogP contribution in [0.15, 0.2) is 18.2 Å². The molecule has 0 aromatic heterocycles. The molecule has 0 spiro atoms. The van der Waals surface area contributed by atoms with Crippen LogP contribution >= 0.6 is 11.6 Å². The van der Waals surface area contributed by atoms with Gasteiger partial charge in [0.1, 0.15) is 0 Å². The quantitative estimate of drug-likeness (QED) is 0.623. The molecule has 1 aliphatic rings. The van der Waals surface area contributed by atoms with E-state index >= 15 is 0 Å². The van der Waals surface area contributed by atoms with Crippen molar-refractivity contribution in [2.75, 3.05) is 19.3 Å². The molecular formula is C14H18ClN3O5S. The summed E-state index contributed by atoms with van der Waals surface area (Å²) in [5.74, 6) is -0.352. The summed E-state index contributed by atoms with van der Waals surface area (Å²) in [6.45, 7) is 0.622. The monoisotopic (exact) mass is 375 g/mol. The molecule has 1 fully saturated rings. The molecule has 132 valence electrons. The molecule has 1 unspecified atom stereocenters. The number of hydrogen-bond acceptors (Lipinski definition) is 5. The van der Waals surface area contributed by atoms with Crippen LogP contribution in [-0.2, 0) is 10.0 Å². The topological polar surface area (TPSA) is 110 Å². The van der Waals surface area contributed by atoms with Gasteiger partial charge in [-0.2, -0.15) is 0 Å². The molecule has 0 saturated carbocycles. The Bertz CT molecular complexity index is 753. The molecule has 10 heteroatoms. The molecule has 1 amide bonds. The van der Waals surface area contributed by atoms with E-state index < -0.39 is 14.9 Å². The summed E-state index contributed by atoms with van der Waals surface area (Å²) >= 11 is 6.02. The number of sulfonamides is 1. The number of rotatable bonds is 5. The average Bonchev–Trinajstić information content (AvgIpc) is 2.51. The van der Waals surface area contributed by atoms with E-state index in [4.69, 9.17) is 11.6 Å². The normalized spacial score (nSPS) is 18.4. The molecule has 1 saturated heterocycles. The maximum Gasteiger partial charge on any atom is 0.270 e. The van der Waals surface area contributed by atoms with Crippen molar-refractivity contribution in [2.45, 2.75) is 25.3 Å². The van der Waals surface area contributed by atoms with Crippen LogP contribution in [0.2, 0.25) is 5.02 Å². The average molecular weight is 376 g/mol. The van der Waals surface area contributed by atoms with Gasteiger partial charge in [-0.05, 0) is 25.3 Å². The number of nitrogens with one attached hydrogen (secondary N) is 1. The van der Waals surface area contributed by atoms with Gasteiger partial charge in [0.2, 0.25) is 10.0 Å². The number of benzene rings is 1. The molecule has 0 aliphatic carbocycles. The fourth-order valence-corrected chi connectivity index (χ4v) is 3.42. The van der Waals surface area contributed by atoms with Crippen LogP contribution in [0.25, 0.3) is 0 Å². The number of amides is 1. The Morgan fingerprint density at radius 2 is 2.17 bits per heavy atom. The van der Waals surface area contributed by atoms with Crippen LogP contribution in [0.1, 0.15) is 29.6 Å². The summed E-state index contributed by atoms with van der Waals surface area (Å²) in [4.78, 5) is 24.5. The van der Waals surface area contributed by atoms with E-state index in [1.165, 1.54) is 12.1 Å². The van der Waals surface area contributed by atoms with Gasteiger partial charge in [0.15, 0.2) is 0 Å². The second kappa shape index (κ2) is 7.45. The van der Waals surface area contributed by atoms with Gasteiger partial charge in [-0.3, -0.25) is 14.9 Å². The van der Waals surface area contributed by atoms with Gasteiger partial charge in [0.05, 0.1) is 21.8 Å². The van der Waals surface area contributed by atoms with Crippen molar-refractivity contribution in [3.05, 3.63) is 38.9 Å². The molecule has 1 N–H and O–H groups in total. The zero-order valence-electron chi connectivity index (χ0n) is 13.1. The van der Waals surface area contributed by atoms with Gasteiger partial charge < -0.3 is 4.90 Å². The Morgan fingerprint density at radius 1 is 1.46 bits per heavy atom. The fourth-order valence-electron chi connectivity index (χ4n) is 2.67. The molecule has 1 atom stereocenters. The predicted octanol–water partition coefficient (Wildman–Crippen LogP) is 1.79. The smallest absolute Gasteiger partial charge is 0.270 e. The Hall–Kier alpha value is -1.71. The number of carbonyl (C=O) groups excluding carboxylic acids is 1. The van der Waals surface area contributed by atoms with E-state index in [9.17, 15) is 23.3 Å². The summed E-state index contributed by atoms with van der Waals surface area (Å²) in [6.07, 6.45) is 3.45. The summed E-state index contributed by atoms with van der Waals surface area (Å²) in [5.41, 5.74) is -0.0148. The van der Waals surface area contributed by atoms with Crippen molar-refractivity contribution in [2.24, 2.45) is 0 Å². The first-order valence-electron chi connectivity index (χ1n) is 7.38. The number of carbonyl (C=O) groups is 1. The lowest BCUT2D eigenvalue weighted by Crippen LogP contribution is -2.49. The number of likely N-dealkylation sites (tertiary alicyclic amines) is 1. The highest BCUT2D eigenvalue weighted by atomic mass is 35.5. The van der Waals surface area contributed by atoms with E-state index in [1.807, 2.05) is 0 Å². The SMILES string of the molecule is CS(=O)(=O)NCC1CCCCN1C(=O)c1ccc([N+](=O)[O-])cc1Cl. The lowest BCUT2D eigenvalue weighted by atomic mass is 10.0. The van der Waals surface area contributed by atoms with Crippen molar-refractivity contribution >= 4 is 33.2 Å². The molecule has 1 aromatic carbocycles. The molecule has 1 heterocycles. The van der Waals surface area contributed by atoms with Crippen molar-refractivity contribution in [3.8, 4) is 0 Å². The van der Waals surface area contributed by atoms with Gasteiger partial charge in [-0.15, -0.1) is 0 Å². The summed E-state index contributed by atoms with van der Waals surface area (Å²) in [7, 11) is -3.35. The maximum atomic E-state index is 12.7. The second-order valence-electron chi connectivity index (χ2n) is 5.69. The fraction of sp³-hybridized carbons (Fsp3) is 0.500. The number of halogens is 1.